The van der Waals surface area contributed by atoms with Gasteiger partial charge in [0.1, 0.15) is 0 Å². The second kappa shape index (κ2) is 11.0. The molecule has 0 radical (unpaired) electrons. The lowest BCUT2D eigenvalue weighted by Gasteiger charge is -2.35. The average molecular weight is 508 g/mol. The standard InChI is InChI=1S/C28H30NO6P/c1-5-35-28(30)23-16-17-29(26(23)20-18-24(32-2)27(34-4)25(19-20)33-3)36(31,21-12-8-6-9-13-21)22-14-10-7-11-15-22/h6-16,18-19,26H,5,17H2,1-4H3/t26-/m1/s1. The highest BCUT2D eigenvalue weighted by Gasteiger charge is 2.45. The molecule has 1 aliphatic rings. The number of carbonyl (C=O) groups is 1. The predicted octanol–water partition coefficient (Wildman–Crippen LogP) is 4.49. The van der Waals surface area contributed by atoms with E-state index in [0.717, 1.165) is 0 Å². The monoisotopic (exact) mass is 507 g/mol. The van der Waals surface area contributed by atoms with E-state index in [2.05, 4.69) is 0 Å². The molecule has 0 saturated heterocycles. The van der Waals surface area contributed by atoms with Crippen molar-refractivity contribution in [1.29, 1.82) is 0 Å². The molecule has 3 aromatic rings. The number of hydrogen-bond acceptors (Lipinski definition) is 6. The van der Waals surface area contributed by atoms with Crippen LogP contribution in [-0.4, -0.2) is 45.1 Å². The third-order valence-corrected chi connectivity index (χ3v) is 9.29. The fraction of sp³-hybridized carbons (Fsp3) is 0.250. The zero-order valence-corrected chi connectivity index (χ0v) is 21.7. The van der Waals surface area contributed by atoms with Gasteiger partial charge in [-0.3, -0.25) is 4.57 Å². The van der Waals surface area contributed by atoms with Gasteiger partial charge in [0.25, 0.3) is 0 Å². The summed E-state index contributed by atoms with van der Waals surface area (Å²) in [5.41, 5.74) is 1.09. The number of benzene rings is 3. The Morgan fingerprint density at radius 3 is 1.86 bits per heavy atom. The Balaban J connectivity index is 1.96. The molecule has 3 aromatic carbocycles. The molecule has 0 unspecified atom stereocenters. The molecule has 4 rings (SSSR count). The van der Waals surface area contributed by atoms with Crippen LogP contribution >= 0.6 is 7.29 Å². The van der Waals surface area contributed by atoms with Crippen LogP contribution in [0.3, 0.4) is 0 Å². The van der Waals surface area contributed by atoms with Crippen LogP contribution in [0.15, 0.2) is 84.4 Å². The van der Waals surface area contributed by atoms with E-state index in [-0.39, 0.29) is 13.2 Å². The first-order chi connectivity index (χ1) is 17.5. The summed E-state index contributed by atoms with van der Waals surface area (Å²) >= 11 is 0. The molecule has 0 fully saturated rings. The Hall–Kier alpha value is -3.54. The number of nitrogens with zero attached hydrogens (tertiary/aromatic N) is 1. The fourth-order valence-electron chi connectivity index (χ4n) is 4.57. The highest BCUT2D eigenvalue weighted by atomic mass is 31.2. The van der Waals surface area contributed by atoms with Gasteiger partial charge in [-0.2, -0.15) is 0 Å². The maximum atomic E-state index is 15.2. The lowest BCUT2D eigenvalue weighted by atomic mass is 9.99. The SMILES string of the molecule is CCOC(=O)C1=CCN(P(=O)(c2ccccc2)c2ccccc2)[C@@H]1c1cc(OC)c(OC)c(OC)c1. The van der Waals surface area contributed by atoms with Gasteiger partial charge in [-0.05, 0) is 48.9 Å². The molecule has 0 spiro atoms. The molecule has 1 atom stereocenters. The lowest BCUT2D eigenvalue weighted by molar-refractivity contribution is -0.138. The summed E-state index contributed by atoms with van der Waals surface area (Å²) in [6.45, 7) is 2.28. The van der Waals surface area contributed by atoms with Gasteiger partial charge in [-0.25, -0.2) is 9.46 Å². The summed E-state index contributed by atoms with van der Waals surface area (Å²) < 4.78 is 39.2. The van der Waals surface area contributed by atoms with Gasteiger partial charge in [0, 0.05) is 17.2 Å². The second-order valence-electron chi connectivity index (χ2n) is 8.11. The first-order valence-electron chi connectivity index (χ1n) is 11.6. The molecule has 7 nitrogen and oxygen atoms in total. The molecule has 1 heterocycles. The lowest BCUT2D eigenvalue weighted by Crippen LogP contribution is -2.34. The Bertz CT molecular complexity index is 1220. The fourth-order valence-corrected chi connectivity index (χ4v) is 7.51. The van der Waals surface area contributed by atoms with Crippen molar-refractivity contribution in [3.63, 3.8) is 0 Å². The Labute approximate surface area is 211 Å². The van der Waals surface area contributed by atoms with Gasteiger partial charge < -0.3 is 18.9 Å². The largest absolute Gasteiger partial charge is 0.493 e. The van der Waals surface area contributed by atoms with Crippen molar-refractivity contribution >= 4 is 23.9 Å². The number of esters is 1. The molecule has 8 heteroatoms. The molecule has 0 amide bonds. The van der Waals surface area contributed by atoms with Gasteiger partial charge in [-0.15, -0.1) is 0 Å². The van der Waals surface area contributed by atoms with Gasteiger partial charge >= 0.3 is 5.97 Å². The summed E-state index contributed by atoms with van der Waals surface area (Å²) in [4.78, 5) is 13.1. The quantitative estimate of drug-likeness (QED) is 0.312. The third kappa shape index (κ3) is 4.52. The zero-order chi connectivity index (χ0) is 25.7. The van der Waals surface area contributed by atoms with Crippen molar-refractivity contribution in [2.75, 3.05) is 34.5 Å². The topological polar surface area (TPSA) is 74.3 Å². The normalized spacial score (nSPS) is 15.8. The van der Waals surface area contributed by atoms with Crippen molar-refractivity contribution in [3.05, 3.63) is 90.0 Å². The molecule has 0 N–H and O–H groups in total. The van der Waals surface area contributed by atoms with Crippen LogP contribution < -0.4 is 24.8 Å². The first-order valence-corrected chi connectivity index (χ1v) is 13.3. The van der Waals surface area contributed by atoms with Crippen LogP contribution in [0.4, 0.5) is 0 Å². The Morgan fingerprint density at radius 2 is 1.42 bits per heavy atom. The van der Waals surface area contributed by atoms with Gasteiger partial charge in [-0.1, -0.05) is 42.5 Å². The van der Waals surface area contributed by atoms with Crippen molar-refractivity contribution < 1.29 is 28.3 Å². The molecule has 188 valence electrons. The zero-order valence-electron chi connectivity index (χ0n) is 20.8. The Kier molecular flexibility index (Phi) is 7.82. The molecule has 0 saturated carbocycles. The summed E-state index contributed by atoms with van der Waals surface area (Å²) in [6.07, 6.45) is 1.80. The average Bonchev–Trinajstić information content (AvgIpc) is 3.38. The summed E-state index contributed by atoms with van der Waals surface area (Å²) in [7, 11) is 1.21. The number of ether oxygens (including phenoxy) is 4. The van der Waals surface area contributed by atoms with E-state index >= 15 is 4.57 Å². The van der Waals surface area contributed by atoms with E-state index < -0.39 is 19.3 Å². The highest BCUT2D eigenvalue weighted by Crippen LogP contribution is 2.57. The molecule has 36 heavy (non-hydrogen) atoms. The van der Waals surface area contributed by atoms with E-state index in [9.17, 15) is 4.79 Å². The number of hydrogen-bond donors (Lipinski definition) is 0. The summed E-state index contributed by atoms with van der Waals surface area (Å²) in [5.74, 6) is 0.864. The number of methoxy groups -OCH3 is 3. The number of rotatable bonds is 9. The minimum Gasteiger partial charge on any atom is -0.493 e. The van der Waals surface area contributed by atoms with Gasteiger partial charge in [0.15, 0.2) is 11.5 Å². The second-order valence-corrected chi connectivity index (χ2v) is 10.8. The minimum absolute atomic E-state index is 0.229. The smallest absolute Gasteiger partial charge is 0.335 e. The van der Waals surface area contributed by atoms with Crippen molar-refractivity contribution in [2.24, 2.45) is 0 Å². The Morgan fingerprint density at radius 1 is 0.889 bits per heavy atom. The summed E-state index contributed by atoms with van der Waals surface area (Å²) in [5, 5.41) is 1.35. The van der Waals surface area contributed by atoms with E-state index in [1.165, 1.54) is 21.3 Å². The van der Waals surface area contributed by atoms with Crippen LogP contribution in [0.1, 0.15) is 18.5 Å². The van der Waals surface area contributed by atoms with Crippen molar-refractivity contribution in [3.8, 4) is 17.2 Å². The third-order valence-electron chi connectivity index (χ3n) is 6.18. The molecule has 0 bridgehead atoms. The maximum absolute atomic E-state index is 15.2. The van der Waals surface area contributed by atoms with Gasteiger partial charge in [0.05, 0.1) is 39.6 Å². The predicted molar refractivity (Wildman–Crippen MR) is 140 cm³/mol. The molecule has 0 aromatic heterocycles. The minimum atomic E-state index is -3.39. The summed E-state index contributed by atoms with van der Waals surface area (Å²) in [6, 6.07) is 21.6. The van der Waals surface area contributed by atoms with E-state index in [1.807, 2.05) is 65.3 Å². The van der Waals surface area contributed by atoms with Crippen LogP contribution in [0.25, 0.3) is 0 Å². The van der Waals surface area contributed by atoms with E-state index in [1.54, 1.807) is 25.1 Å². The maximum Gasteiger partial charge on any atom is 0.335 e. The van der Waals surface area contributed by atoms with Crippen molar-refractivity contribution in [2.45, 2.75) is 13.0 Å². The highest BCUT2D eigenvalue weighted by molar-refractivity contribution is 7.76. The van der Waals surface area contributed by atoms with Crippen LogP contribution in [0, 0.1) is 0 Å². The molecular formula is C28H30NO6P. The molecule has 0 aliphatic carbocycles. The number of carbonyl (C=O) groups excluding carboxylic acids is 1. The van der Waals surface area contributed by atoms with Crippen LogP contribution in [0.2, 0.25) is 0 Å². The van der Waals surface area contributed by atoms with Crippen LogP contribution in [0.5, 0.6) is 17.2 Å². The molecular weight excluding hydrogens is 477 g/mol. The molecule has 1 aliphatic heterocycles. The van der Waals surface area contributed by atoms with E-state index in [4.69, 9.17) is 18.9 Å². The van der Waals surface area contributed by atoms with E-state index in [0.29, 0.717) is 39.0 Å². The van der Waals surface area contributed by atoms with Gasteiger partial charge in [0.2, 0.25) is 13.0 Å². The first kappa shape index (κ1) is 25.5. The van der Waals surface area contributed by atoms with Crippen LogP contribution in [-0.2, 0) is 14.1 Å². The van der Waals surface area contributed by atoms with Crippen molar-refractivity contribution in [1.82, 2.24) is 4.67 Å².